The van der Waals surface area contributed by atoms with Crippen LogP contribution in [-0.4, -0.2) is 47.8 Å². The number of pyridine rings is 1. The second-order valence-electron chi connectivity index (χ2n) is 7.56. The largest absolute Gasteiger partial charge is 0.474 e. The fourth-order valence-electron chi connectivity index (χ4n) is 3.32. The van der Waals surface area contributed by atoms with Crippen LogP contribution in [0.4, 0.5) is 0 Å². The normalized spacial score (nSPS) is 24.8. The summed E-state index contributed by atoms with van der Waals surface area (Å²) in [5.74, 6) is 0.598. The van der Waals surface area contributed by atoms with Gasteiger partial charge >= 0.3 is 0 Å². The van der Waals surface area contributed by atoms with E-state index in [9.17, 15) is 0 Å². The van der Waals surface area contributed by atoms with E-state index in [-0.39, 0.29) is 12.1 Å². The Morgan fingerprint density at radius 2 is 2.09 bits per heavy atom. The fourth-order valence-corrected chi connectivity index (χ4v) is 6.14. The van der Waals surface area contributed by atoms with Crippen molar-refractivity contribution >= 4 is 61.9 Å². The summed E-state index contributed by atoms with van der Waals surface area (Å²) in [5, 5.41) is 8.12. The van der Waals surface area contributed by atoms with Gasteiger partial charge in [-0.05, 0) is 64.5 Å². The van der Waals surface area contributed by atoms with Crippen LogP contribution in [0.15, 0.2) is 17.6 Å². The maximum Gasteiger partial charge on any atom is 0.225 e. The third-order valence-electron chi connectivity index (χ3n) is 5.28. The van der Waals surface area contributed by atoms with Gasteiger partial charge in [-0.15, -0.1) is 27.6 Å². The number of halogens is 1. The number of rotatable bonds is 3. The first-order chi connectivity index (χ1) is 15.2. The summed E-state index contributed by atoms with van der Waals surface area (Å²) in [4.78, 5) is 9.79. The first kappa shape index (κ1) is 29.6. The highest BCUT2D eigenvalue weighted by atomic mass is 35.5. The Hall–Kier alpha value is -0.440. The van der Waals surface area contributed by atoms with Gasteiger partial charge in [-0.3, -0.25) is 0 Å². The van der Waals surface area contributed by atoms with Gasteiger partial charge in [-0.25, -0.2) is 9.98 Å². The predicted octanol–water partition coefficient (Wildman–Crippen LogP) is 5.12. The molecular formula is C24H40ClN3OP2S. The third kappa shape index (κ3) is 7.81. The summed E-state index contributed by atoms with van der Waals surface area (Å²) in [5.41, 5.74) is 2.31. The third-order valence-corrected chi connectivity index (χ3v) is 8.98. The van der Waals surface area contributed by atoms with Crippen molar-refractivity contribution in [3.8, 4) is 5.88 Å². The van der Waals surface area contributed by atoms with Crippen molar-refractivity contribution in [3.05, 3.63) is 28.2 Å². The molecule has 4 nitrogen and oxygen atoms in total. The van der Waals surface area contributed by atoms with E-state index in [0.29, 0.717) is 11.0 Å². The van der Waals surface area contributed by atoms with Crippen LogP contribution in [0.5, 0.6) is 5.88 Å². The zero-order chi connectivity index (χ0) is 24.4. The van der Waals surface area contributed by atoms with Gasteiger partial charge in [0, 0.05) is 11.3 Å². The maximum absolute atomic E-state index is 6.57. The van der Waals surface area contributed by atoms with Crippen LogP contribution >= 0.6 is 40.5 Å². The number of nitrogens with one attached hydrogen (secondary N) is 1. The quantitative estimate of drug-likeness (QED) is 0.200. The lowest BCUT2D eigenvalue weighted by Gasteiger charge is -2.21. The van der Waals surface area contributed by atoms with Gasteiger partial charge in [-0.1, -0.05) is 51.9 Å². The van der Waals surface area contributed by atoms with Gasteiger partial charge in [0.25, 0.3) is 0 Å². The number of hydrogen-bond acceptors (Lipinski definition) is 5. The van der Waals surface area contributed by atoms with Gasteiger partial charge in [0.05, 0.1) is 21.8 Å². The second kappa shape index (κ2) is 14.7. The average molecular weight is 516 g/mol. The van der Waals surface area contributed by atoms with Crippen LogP contribution in [0.25, 0.3) is 11.0 Å². The summed E-state index contributed by atoms with van der Waals surface area (Å²) in [6.07, 6.45) is 6.83. The molecule has 1 aliphatic heterocycles. The average Bonchev–Trinajstić information content (AvgIpc) is 2.80. The Morgan fingerprint density at radius 3 is 2.66 bits per heavy atom. The Bertz CT molecular complexity index is 936. The molecular weight excluding hydrogens is 476 g/mol. The molecule has 0 aromatic carbocycles. The molecule has 2 rings (SSSR count). The van der Waals surface area contributed by atoms with Crippen molar-refractivity contribution in [2.75, 3.05) is 25.6 Å². The molecule has 0 saturated heterocycles. The van der Waals surface area contributed by atoms with Crippen molar-refractivity contribution in [1.29, 1.82) is 0 Å². The standard InChI is InChI=1S/C22H34ClN3OP2S.C2H6/c1-8-13(3)17-18-21(26-20(23)19(17)28)27-14(4)10-11-24-16(9-2)12-29(6)22(18)25-15(5)30-7;1-2/h9,14,16,24H,2,8,10-12,28H2,1,3-7H3;1-2H3/b17-13-,22-18-,25-15+;. The minimum atomic E-state index is -0.595. The Kier molecular flexibility index (Phi) is 13.6. The van der Waals surface area contributed by atoms with E-state index >= 15 is 0 Å². The number of hydrogen-bond donors (Lipinski definition) is 1. The molecule has 0 spiro atoms. The lowest BCUT2D eigenvalue weighted by atomic mass is 10.1. The molecule has 0 amide bonds. The van der Waals surface area contributed by atoms with Gasteiger partial charge in [-0.2, -0.15) is 0 Å². The van der Waals surface area contributed by atoms with E-state index in [1.54, 1.807) is 11.8 Å². The SMILES string of the molecule is C=CC1CP(C)C(/N=C(\C)SC)=c2\c(nc(Cl)c(P)\c2=C(\C)CC)OC(C)CCN1.CC. The Morgan fingerprint density at radius 1 is 1.44 bits per heavy atom. The molecule has 4 atom stereocenters. The van der Waals surface area contributed by atoms with Crippen LogP contribution in [0.1, 0.15) is 54.4 Å². The summed E-state index contributed by atoms with van der Waals surface area (Å²) in [7, 11) is 2.19. The topological polar surface area (TPSA) is 46.5 Å². The summed E-state index contributed by atoms with van der Waals surface area (Å²) < 4.78 is 6.39. The second-order valence-corrected chi connectivity index (χ2v) is 11.7. The van der Waals surface area contributed by atoms with E-state index in [0.717, 1.165) is 51.8 Å². The molecule has 0 saturated carbocycles. The van der Waals surface area contributed by atoms with Crippen LogP contribution in [0, 0.1) is 0 Å². The van der Waals surface area contributed by atoms with E-state index in [1.807, 2.05) is 19.9 Å². The van der Waals surface area contributed by atoms with Gasteiger partial charge in [0.2, 0.25) is 5.88 Å². The van der Waals surface area contributed by atoms with E-state index in [4.69, 9.17) is 21.3 Å². The number of aliphatic imine (C=N–C) groups is 1. The molecule has 1 aromatic heterocycles. The van der Waals surface area contributed by atoms with Crippen molar-refractivity contribution in [2.45, 2.75) is 66.5 Å². The number of fused-ring (bicyclic) bond motifs is 1. The molecule has 1 aromatic rings. The van der Waals surface area contributed by atoms with Gasteiger partial charge in [0.15, 0.2) is 0 Å². The van der Waals surface area contributed by atoms with E-state index in [1.165, 1.54) is 5.57 Å². The van der Waals surface area contributed by atoms with Crippen molar-refractivity contribution < 1.29 is 4.74 Å². The Balaban J connectivity index is 0.00000249. The number of ether oxygens (including phenoxy) is 1. The minimum Gasteiger partial charge on any atom is -0.474 e. The molecule has 4 unspecified atom stereocenters. The molecule has 0 fully saturated rings. The van der Waals surface area contributed by atoms with Gasteiger partial charge < -0.3 is 10.1 Å². The Labute approximate surface area is 207 Å². The molecule has 0 bridgehead atoms. The minimum absolute atomic E-state index is 0.00323. The molecule has 1 N–H and O–H groups in total. The van der Waals surface area contributed by atoms with Crippen molar-refractivity contribution in [2.24, 2.45) is 4.99 Å². The smallest absolute Gasteiger partial charge is 0.225 e. The highest BCUT2D eigenvalue weighted by Crippen LogP contribution is 2.43. The van der Waals surface area contributed by atoms with Crippen LogP contribution in [0.3, 0.4) is 0 Å². The first-order valence-corrected chi connectivity index (χ1v) is 15.4. The van der Waals surface area contributed by atoms with E-state index < -0.39 is 7.92 Å². The lowest BCUT2D eigenvalue weighted by molar-refractivity contribution is 0.199. The fraction of sp³-hybridized carbons (Fsp3) is 0.583. The zero-order valence-electron chi connectivity index (χ0n) is 20.9. The molecule has 0 radical (unpaired) electrons. The molecule has 8 heteroatoms. The molecule has 32 heavy (non-hydrogen) atoms. The van der Waals surface area contributed by atoms with Crippen LogP contribution in [-0.2, 0) is 0 Å². The molecule has 1 aliphatic rings. The summed E-state index contributed by atoms with van der Waals surface area (Å²) in [6, 6.07) is 0.241. The summed E-state index contributed by atoms with van der Waals surface area (Å²) in [6.45, 7) is 19.7. The maximum atomic E-state index is 6.57. The molecule has 180 valence electrons. The highest BCUT2D eigenvalue weighted by Gasteiger charge is 2.22. The predicted molar refractivity (Wildman–Crippen MR) is 153 cm³/mol. The van der Waals surface area contributed by atoms with Crippen LogP contribution < -0.4 is 25.8 Å². The first-order valence-electron chi connectivity index (χ1n) is 11.2. The van der Waals surface area contributed by atoms with Crippen molar-refractivity contribution in [3.63, 3.8) is 0 Å². The van der Waals surface area contributed by atoms with Crippen LogP contribution in [0.2, 0.25) is 5.15 Å². The van der Waals surface area contributed by atoms with E-state index in [2.05, 4.69) is 66.7 Å². The van der Waals surface area contributed by atoms with Gasteiger partial charge in [0.1, 0.15) is 5.15 Å². The number of aromatic nitrogens is 1. The summed E-state index contributed by atoms with van der Waals surface area (Å²) >= 11 is 8.23. The lowest BCUT2D eigenvalue weighted by Crippen LogP contribution is -2.41. The highest BCUT2D eigenvalue weighted by molar-refractivity contribution is 8.13. The van der Waals surface area contributed by atoms with Crippen molar-refractivity contribution in [1.82, 2.24) is 10.3 Å². The number of thioether (sulfide) groups is 1. The molecule has 0 aliphatic carbocycles. The molecule has 2 heterocycles. The number of nitrogens with zero attached hydrogens (tertiary/aromatic N) is 2. The zero-order valence-corrected chi connectivity index (χ0v) is 24.5. The monoisotopic (exact) mass is 515 g/mol.